The van der Waals surface area contributed by atoms with E-state index in [1.165, 1.54) is 19.5 Å². The zero-order valence-corrected chi connectivity index (χ0v) is 21.6. The van der Waals surface area contributed by atoms with Crippen LogP contribution >= 0.6 is 24.0 Å². The molecule has 1 aromatic rings. The highest BCUT2D eigenvalue weighted by Gasteiger charge is 2.21. The highest BCUT2D eigenvalue weighted by Crippen LogP contribution is 2.38. The van der Waals surface area contributed by atoms with Crippen molar-refractivity contribution in [1.82, 2.24) is 15.5 Å². The number of piperidine rings is 1. The maximum atomic E-state index is 5.43. The van der Waals surface area contributed by atoms with Gasteiger partial charge in [0.1, 0.15) is 0 Å². The highest BCUT2D eigenvalue weighted by atomic mass is 127. The van der Waals surface area contributed by atoms with E-state index in [-0.39, 0.29) is 24.0 Å². The maximum Gasteiger partial charge on any atom is 0.203 e. The smallest absolute Gasteiger partial charge is 0.203 e. The van der Waals surface area contributed by atoms with Gasteiger partial charge in [-0.2, -0.15) is 0 Å². The van der Waals surface area contributed by atoms with E-state index in [0.717, 1.165) is 43.0 Å². The van der Waals surface area contributed by atoms with Crippen LogP contribution in [-0.4, -0.2) is 64.9 Å². The average Bonchev–Trinajstić information content (AvgIpc) is 2.70. The maximum absolute atomic E-state index is 5.43. The standard InChI is InChI=1S/C22H38N4O3.HI/c1-7-23-22(24-8-9-26-14-16(2)10-17(3)15-26)25-13-18-11-19(27-4)21(29-6)20(12-18)28-5;/h11-12,16-17H,7-10,13-15H2,1-6H3,(H2,23,24,25);1H. The van der Waals surface area contributed by atoms with Crippen molar-refractivity contribution in [2.75, 3.05) is 54.1 Å². The van der Waals surface area contributed by atoms with Gasteiger partial charge in [0.05, 0.1) is 27.9 Å². The Bertz CT molecular complexity index is 637. The fraction of sp³-hybridized carbons (Fsp3) is 0.682. The van der Waals surface area contributed by atoms with Crippen LogP contribution < -0.4 is 24.8 Å². The summed E-state index contributed by atoms with van der Waals surface area (Å²) in [7, 11) is 4.85. The minimum absolute atomic E-state index is 0. The largest absolute Gasteiger partial charge is 0.493 e. The summed E-state index contributed by atoms with van der Waals surface area (Å²) < 4.78 is 16.3. The molecule has 2 atom stereocenters. The van der Waals surface area contributed by atoms with Gasteiger partial charge in [0.2, 0.25) is 5.75 Å². The highest BCUT2D eigenvalue weighted by molar-refractivity contribution is 14.0. The van der Waals surface area contributed by atoms with Crippen molar-refractivity contribution < 1.29 is 14.2 Å². The number of aliphatic imine (C=N–C) groups is 1. The molecule has 172 valence electrons. The van der Waals surface area contributed by atoms with Crippen molar-refractivity contribution in [3.8, 4) is 17.2 Å². The monoisotopic (exact) mass is 534 g/mol. The number of nitrogens with one attached hydrogen (secondary N) is 2. The zero-order chi connectivity index (χ0) is 21.2. The molecule has 1 heterocycles. The molecule has 1 fully saturated rings. The van der Waals surface area contributed by atoms with Crippen LogP contribution in [0, 0.1) is 11.8 Å². The fourth-order valence-corrected chi connectivity index (χ4v) is 4.05. The summed E-state index contributed by atoms with van der Waals surface area (Å²) in [6, 6.07) is 3.87. The molecule has 0 amide bonds. The van der Waals surface area contributed by atoms with Crippen LogP contribution in [0.5, 0.6) is 17.2 Å². The Balaban J connectivity index is 0.00000450. The van der Waals surface area contributed by atoms with E-state index in [1.807, 2.05) is 12.1 Å². The number of halogens is 1. The summed E-state index contributed by atoms with van der Waals surface area (Å²) in [6.45, 7) is 12.4. The number of methoxy groups -OCH3 is 3. The first-order valence-corrected chi connectivity index (χ1v) is 10.5. The molecule has 2 unspecified atom stereocenters. The summed E-state index contributed by atoms with van der Waals surface area (Å²) in [4.78, 5) is 7.28. The van der Waals surface area contributed by atoms with E-state index in [9.17, 15) is 0 Å². The number of hydrogen-bond acceptors (Lipinski definition) is 5. The molecule has 0 aromatic heterocycles. The summed E-state index contributed by atoms with van der Waals surface area (Å²) in [5, 5.41) is 6.78. The van der Waals surface area contributed by atoms with Crippen molar-refractivity contribution in [2.24, 2.45) is 16.8 Å². The molecule has 7 nitrogen and oxygen atoms in total. The average molecular weight is 534 g/mol. The zero-order valence-electron chi connectivity index (χ0n) is 19.3. The molecule has 0 bridgehead atoms. The SMILES string of the molecule is CCNC(=NCc1cc(OC)c(OC)c(OC)c1)NCCN1CC(C)CC(C)C1.I. The van der Waals surface area contributed by atoms with Crippen LogP contribution in [0.15, 0.2) is 17.1 Å². The second kappa shape index (κ2) is 13.8. The van der Waals surface area contributed by atoms with Gasteiger partial charge < -0.3 is 29.7 Å². The van der Waals surface area contributed by atoms with Crippen molar-refractivity contribution in [3.63, 3.8) is 0 Å². The number of ether oxygens (including phenoxy) is 3. The predicted molar refractivity (Wildman–Crippen MR) is 134 cm³/mol. The van der Waals surface area contributed by atoms with Gasteiger partial charge in [-0.25, -0.2) is 4.99 Å². The molecule has 1 saturated heterocycles. The molecule has 0 radical (unpaired) electrons. The Hall–Kier alpha value is -1.42. The molecule has 8 heteroatoms. The molecule has 2 N–H and O–H groups in total. The molecule has 1 aromatic carbocycles. The van der Waals surface area contributed by atoms with Gasteiger partial charge in [0, 0.05) is 32.7 Å². The second-order valence-electron chi connectivity index (χ2n) is 7.86. The lowest BCUT2D eigenvalue weighted by atomic mass is 9.92. The first-order valence-electron chi connectivity index (χ1n) is 10.5. The van der Waals surface area contributed by atoms with E-state index < -0.39 is 0 Å². The lowest BCUT2D eigenvalue weighted by Crippen LogP contribution is -2.45. The molecule has 30 heavy (non-hydrogen) atoms. The Kier molecular flexibility index (Phi) is 12.2. The van der Waals surface area contributed by atoms with Crippen LogP contribution in [-0.2, 0) is 6.54 Å². The van der Waals surface area contributed by atoms with E-state index >= 15 is 0 Å². The van der Waals surface area contributed by atoms with Crippen LogP contribution in [0.1, 0.15) is 32.8 Å². The molecule has 2 rings (SSSR count). The third-order valence-corrected chi connectivity index (χ3v) is 5.15. The van der Waals surface area contributed by atoms with Gasteiger partial charge in [0.15, 0.2) is 17.5 Å². The minimum atomic E-state index is 0. The first-order chi connectivity index (χ1) is 14.0. The summed E-state index contributed by atoms with van der Waals surface area (Å²) >= 11 is 0. The quantitative estimate of drug-likeness (QED) is 0.288. The van der Waals surface area contributed by atoms with Crippen LogP contribution in [0.25, 0.3) is 0 Å². The summed E-state index contributed by atoms with van der Waals surface area (Å²) in [5.74, 6) is 4.25. The lowest BCUT2D eigenvalue weighted by molar-refractivity contribution is 0.143. The number of rotatable bonds is 9. The van der Waals surface area contributed by atoms with Crippen LogP contribution in [0.2, 0.25) is 0 Å². The molecule has 0 saturated carbocycles. The number of guanidine groups is 1. The van der Waals surface area contributed by atoms with Gasteiger partial charge >= 0.3 is 0 Å². The van der Waals surface area contributed by atoms with Crippen LogP contribution in [0.3, 0.4) is 0 Å². The third kappa shape index (κ3) is 8.02. The van der Waals surface area contributed by atoms with E-state index in [0.29, 0.717) is 23.8 Å². The molecular formula is C22H39IN4O3. The molecule has 0 spiro atoms. The van der Waals surface area contributed by atoms with Gasteiger partial charge in [0.25, 0.3) is 0 Å². The molecule has 1 aliphatic rings. The second-order valence-corrected chi connectivity index (χ2v) is 7.86. The lowest BCUT2D eigenvalue weighted by Gasteiger charge is -2.35. The number of hydrogen-bond donors (Lipinski definition) is 2. The normalized spacial score (nSPS) is 19.6. The van der Waals surface area contributed by atoms with Crippen molar-refractivity contribution >= 4 is 29.9 Å². The minimum Gasteiger partial charge on any atom is -0.493 e. The van der Waals surface area contributed by atoms with Gasteiger partial charge in [-0.05, 0) is 42.9 Å². The van der Waals surface area contributed by atoms with Crippen molar-refractivity contribution in [2.45, 2.75) is 33.7 Å². The Morgan fingerprint density at radius 3 is 2.13 bits per heavy atom. The van der Waals surface area contributed by atoms with E-state index in [2.05, 4.69) is 36.3 Å². The third-order valence-electron chi connectivity index (χ3n) is 5.15. The Morgan fingerprint density at radius 2 is 1.63 bits per heavy atom. The number of benzene rings is 1. The number of likely N-dealkylation sites (tertiary alicyclic amines) is 1. The number of nitrogens with zero attached hydrogens (tertiary/aromatic N) is 2. The van der Waals surface area contributed by atoms with Crippen molar-refractivity contribution in [1.29, 1.82) is 0 Å². The fourth-order valence-electron chi connectivity index (χ4n) is 4.05. The topological polar surface area (TPSA) is 67.4 Å². The molecule has 0 aliphatic carbocycles. The predicted octanol–water partition coefficient (Wildman–Crippen LogP) is 3.36. The van der Waals surface area contributed by atoms with E-state index in [4.69, 9.17) is 19.2 Å². The molecular weight excluding hydrogens is 495 g/mol. The summed E-state index contributed by atoms with van der Waals surface area (Å²) in [6.07, 6.45) is 1.34. The molecule has 1 aliphatic heterocycles. The van der Waals surface area contributed by atoms with Gasteiger partial charge in [-0.1, -0.05) is 13.8 Å². The van der Waals surface area contributed by atoms with Crippen LogP contribution in [0.4, 0.5) is 0 Å². The summed E-state index contributed by atoms with van der Waals surface area (Å²) in [5.41, 5.74) is 0.996. The Morgan fingerprint density at radius 1 is 1.03 bits per heavy atom. The van der Waals surface area contributed by atoms with E-state index in [1.54, 1.807) is 21.3 Å². The van der Waals surface area contributed by atoms with Crippen molar-refractivity contribution in [3.05, 3.63) is 17.7 Å². The Labute approximate surface area is 199 Å². The van der Waals surface area contributed by atoms with Gasteiger partial charge in [-0.15, -0.1) is 24.0 Å². The van der Waals surface area contributed by atoms with Gasteiger partial charge in [-0.3, -0.25) is 0 Å². The first kappa shape index (κ1) is 26.6.